The van der Waals surface area contributed by atoms with Gasteiger partial charge in [0.15, 0.2) is 0 Å². The van der Waals surface area contributed by atoms with E-state index in [0.29, 0.717) is 0 Å². The molecule has 0 radical (unpaired) electrons. The third-order valence-corrected chi connectivity index (χ3v) is 2.78. The van der Waals surface area contributed by atoms with Crippen molar-refractivity contribution in [2.45, 2.75) is 34.1 Å². The summed E-state index contributed by atoms with van der Waals surface area (Å²) in [7, 11) is 1.87. The molecule has 0 aliphatic heterocycles. The lowest BCUT2D eigenvalue weighted by atomic mass is 9.96. The van der Waals surface area contributed by atoms with Gasteiger partial charge in [-0.05, 0) is 24.0 Å². The van der Waals surface area contributed by atoms with Crippen LogP contribution in [-0.4, -0.2) is 30.9 Å². The summed E-state index contributed by atoms with van der Waals surface area (Å²) in [4.78, 5) is 14.3. The number of nitrogens with zero attached hydrogens (tertiary/aromatic N) is 1. The van der Waals surface area contributed by atoms with E-state index in [1.165, 1.54) is 0 Å². The second-order valence-electron chi connectivity index (χ2n) is 6.19. The predicted molar refractivity (Wildman–Crippen MR) is 81.6 cm³/mol. The highest BCUT2D eigenvalue weighted by Gasteiger charge is 2.20. The third-order valence-electron chi connectivity index (χ3n) is 2.78. The zero-order valence-corrected chi connectivity index (χ0v) is 12.8. The molecule has 0 heterocycles. The van der Waals surface area contributed by atoms with Gasteiger partial charge in [0.1, 0.15) is 0 Å². The summed E-state index contributed by atoms with van der Waals surface area (Å²) < 4.78 is 0. The van der Waals surface area contributed by atoms with Gasteiger partial charge >= 0.3 is 0 Å². The molecule has 0 unspecified atom stereocenters. The molecule has 0 bridgehead atoms. The number of carbonyl (C=O) groups excluding carboxylic acids is 1. The fourth-order valence-electron chi connectivity index (χ4n) is 2.07. The molecule has 1 rings (SSSR count). The summed E-state index contributed by atoms with van der Waals surface area (Å²) >= 11 is 0. The van der Waals surface area contributed by atoms with Crippen molar-refractivity contribution in [3.8, 4) is 0 Å². The normalized spacial score (nSPS) is 11.2. The molecule has 1 aromatic rings. The average molecular weight is 262 g/mol. The fourth-order valence-corrected chi connectivity index (χ4v) is 2.07. The maximum absolute atomic E-state index is 12.5. The highest BCUT2D eigenvalue weighted by molar-refractivity contribution is 5.99. The molecule has 3 heteroatoms. The zero-order chi connectivity index (χ0) is 14.5. The second-order valence-corrected chi connectivity index (χ2v) is 6.19. The predicted octanol–water partition coefficient (Wildman–Crippen LogP) is 3.63. The van der Waals surface area contributed by atoms with Gasteiger partial charge in [-0.1, -0.05) is 39.8 Å². The zero-order valence-electron chi connectivity index (χ0n) is 12.8. The first-order chi connectivity index (χ1) is 8.85. The molecule has 0 aliphatic rings. The number of anilines is 1. The SMILES string of the molecule is CCCNc1ccccc1C(=O)N(C)CC(C)(C)C. The van der Waals surface area contributed by atoms with Crippen LogP contribution < -0.4 is 5.32 Å². The van der Waals surface area contributed by atoms with E-state index in [4.69, 9.17) is 0 Å². The molecule has 0 fully saturated rings. The van der Waals surface area contributed by atoms with Crippen molar-refractivity contribution >= 4 is 11.6 Å². The monoisotopic (exact) mass is 262 g/mol. The van der Waals surface area contributed by atoms with Crippen molar-refractivity contribution in [3.05, 3.63) is 29.8 Å². The average Bonchev–Trinajstić information content (AvgIpc) is 2.33. The summed E-state index contributed by atoms with van der Waals surface area (Å²) in [5, 5.41) is 3.31. The molecule has 19 heavy (non-hydrogen) atoms. The molecular formula is C16H26N2O. The third kappa shape index (κ3) is 4.93. The van der Waals surface area contributed by atoms with Crippen molar-refractivity contribution in [1.29, 1.82) is 0 Å². The van der Waals surface area contributed by atoms with Crippen molar-refractivity contribution in [2.24, 2.45) is 5.41 Å². The highest BCUT2D eigenvalue weighted by atomic mass is 16.2. The molecular weight excluding hydrogens is 236 g/mol. The molecule has 0 saturated carbocycles. The number of para-hydroxylation sites is 1. The van der Waals surface area contributed by atoms with Gasteiger partial charge in [-0.15, -0.1) is 0 Å². The van der Waals surface area contributed by atoms with Crippen LogP contribution in [0.1, 0.15) is 44.5 Å². The number of amides is 1. The summed E-state index contributed by atoms with van der Waals surface area (Å²) in [6, 6.07) is 7.72. The van der Waals surface area contributed by atoms with Crippen LogP contribution in [-0.2, 0) is 0 Å². The van der Waals surface area contributed by atoms with Crippen molar-refractivity contribution in [1.82, 2.24) is 4.90 Å². The number of rotatable bonds is 5. The van der Waals surface area contributed by atoms with Crippen LogP contribution in [0.15, 0.2) is 24.3 Å². The first kappa shape index (κ1) is 15.5. The van der Waals surface area contributed by atoms with E-state index in [1.807, 2.05) is 31.3 Å². The largest absolute Gasteiger partial charge is 0.384 e. The Morgan fingerprint density at radius 3 is 2.47 bits per heavy atom. The molecule has 0 aliphatic carbocycles. The van der Waals surface area contributed by atoms with Gasteiger partial charge in [-0.25, -0.2) is 0 Å². The Morgan fingerprint density at radius 1 is 1.26 bits per heavy atom. The Labute approximate surface area is 117 Å². The molecule has 0 spiro atoms. The minimum atomic E-state index is 0.0779. The maximum atomic E-state index is 12.5. The summed E-state index contributed by atoms with van der Waals surface area (Å²) in [5.41, 5.74) is 1.79. The molecule has 1 amide bonds. The van der Waals surface area contributed by atoms with Crippen LogP contribution in [0, 0.1) is 5.41 Å². The first-order valence-electron chi connectivity index (χ1n) is 6.93. The van der Waals surface area contributed by atoms with Crippen LogP contribution in [0.5, 0.6) is 0 Å². The highest BCUT2D eigenvalue weighted by Crippen LogP contribution is 2.20. The van der Waals surface area contributed by atoms with E-state index < -0.39 is 0 Å². The van der Waals surface area contributed by atoms with E-state index in [1.54, 1.807) is 4.90 Å². The number of nitrogens with one attached hydrogen (secondary N) is 1. The minimum absolute atomic E-state index is 0.0779. The van der Waals surface area contributed by atoms with Crippen LogP contribution in [0.25, 0.3) is 0 Å². The summed E-state index contributed by atoms with van der Waals surface area (Å²) in [5.74, 6) is 0.0779. The van der Waals surface area contributed by atoms with E-state index in [2.05, 4.69) is 33.0 Å². The maximum Gasteiger partial charge on any atom is 0.255 e. The van der Waals surface area contributed by atoms with Crippen molar-refractivity contribution in [3.63, 3.8) is 0 Å². The quantitative estimate of drug-likeness (QED) is 0.879. The first-order valence-corrected chi connectivity index (χ1v) is 6.93. The molecule has 0 saturated heterocycles. The lowest BCUT2D eigenvalue weighted by Crippen LogP contribution is -2.34. The van der Waals surface area contributed by atoms with Gasteiger partial charge in [-0.2, -0.15) is 0 Å². The van der Waals surface area contributed by atoms with Crippen LogP contribution in [0.3, 0.4) is 0 Å². The Hall–Kier alpha value is -1.51. The van der Waals surface area contributed by atoms with Crippen LogP contribution in [0.4, 0.5) is 5.69 Å². The van der Waals surface area contributed by atoms with Gasteiger partial charge in [-0.3, -0.25) is 4.79 Å². The van der Waals surface area contributed by atoms with Gasteiger partial charge in [0.2, 0.25) is 0 Å². The number of carbonyl (C=O) groups is 1. The molecule has 1 N–H and O–H groups in total. The van der Waals surface area contributed by atoms with E-state index in [0.717, 1.165) is 30.8 Å². The lowest BCUT2D eigenvalue weighted by molar-refractivity contribution is 0.0746. The Morgan fingerprint density at radius 2 is 1.89 bits per heavy atom. The topological polar surface area (TPSA) is 32.3 Å². The van der Waals surface area contributed by atoms with Gasteiger partial charge < -0.3 is 10.2 Å². The van der Waals surface area contributed by atoms with Crippen LogP contribution in [0.2, 0.25) is 0 Å². The summed E-state index contributed by atoms with van der Waals surface area (Å²) in [6.07, 6.45) is 1.04. The van der Waals surface area contributed by atoms with E-state index >= 15 is 0 Å². The van der Waals surface area contributed by atoms with Gasteiger partial charge in [0.05, 0.1) is 5.56 Å². The summed E-state index contributed by atoms with van der Waals surface area (Å²) in [6.45, 7) is 10.2. The number of hydrogen-bond donors (Lipinski definition) is 1. The molecule has 0 aromatic heterocycles. The van der Waals surface area contributed by atoms with E-state index in [-0.39, 0.29) is 11.3 Å². The molecule has 1 aromatic carbocycles. The number of hydrogen-bond acceptors (Lipinski definition) is 2. The molecule has 3 nitrogen and oxygen atoms in total. The van der Waals surface area contributed by atoms with Crippen molar-refractivity contribution < 1.29 is 4.79 Å². The second kappa shape index (κ2) is 6.60. The Balaban J connectivity index is 2.86. The van der Waals surface area contributed by atoms with Crippen LogP contribution >= 0.6 is 0 Å². The molecule has 0 atom stereocenters. The van der Waals surface area contributed by atoms with Crippen molar-refractivity contribution in [2.75, 3.05) is 25.5 Å². The van der Waals surface area contributed by atoms with E-state index in [9.17, 15) is 4.79 Å². The molecule has 106 valence electrons. The Kier molecular flexibility index (Phi) is 5.40. The number of benzene rings is 1. The lowest BCUT2D eigenvalue weighted by Gasteiger charge is -2.27. The fraction of sp³-hybridized carbons (Fsp3) is 0.562. The van der Waals surface area contributed by atoms with Gasteiger partial charge in [0, 0.05) is 25.8 Å². The Bertz CT molecular complexity index is 421. The van der Waals surface area contributed by atoms with Gasteiger partial charge in [0.25, 0.3) is 5.91 Å². The smallest absolute Gasteiger partial charge is 0.255 e. The standard InChI is InChI=1S/C16H26N2O/c1-6-11-17-14-10-8-7-9-13(14)15(19)18(5)12-16(2,3)4/h7-10,17H,6,11-12H2,1-5H3. The minimum Gasteiger partial charge on any atom is -0.384 e.